The molecule has 18 heavy (non-hydrogen) atoms. The van der Waals surface area contributed by atoms with Crippen molar-refractivity contribution in [3.05, 3.63) is 41.7 Å². The topological polar surface area (TPSA) is 74.8 Å². The number of hydrogen-bond donors (Lipinski definition) is 1. The molecule has 0 saturated heterocycles. The Hall–Kier alpha value is -2.24. The molecule has 0 spiro atoms. The van der Waals surface area contributed by atoms with Gasteiger partial charge in [-0.05, 0) is 24.1 Å². The van der Waals surface area contributed by atoms with Crippen molar-refractivity contribution in [1.29, 1.82) is 0 Å². The summed E-state index contributed by atoms with van der Waals surface area (Å²) in [4.78, 5) is 13.7. The lowest BCUT2D eigenvalue weighted by molar-refractivity contribution is 0.0754. The van der Waals surface area contributed by atoms with Crippen molar-refractivity contribution in [3.63, 3.8) is 0 Å². The minimum absolute atomic E-state index is 0.116. The van der Waals surface area contributed by atoms with E-state index in [2.05, 4.69) is 20.6 Å². The molecule has 1 aromatic heterocycles. The summed E-state index contributed by atoms with van der Waals surface area (Å²) in [5.41, 5.74) is 1.21. The Bertz CT molecular complexity index is 482. The number of nitrogens with zero attached hydrogens (tertiary/aromatic N) is 4. The summed E-state index contributed by atoms with van der Waals surface area (Å²) < 4.78 is 0. The predicted octanol–water partition coefficient (Wildman–Crippen LogP) is 0.904. The van der Waals surface area contributed by atoms with Crippen molar-refractivity contribution in [2.24, 2.45) is 0 Å². The van der Waals surface area contributed by atoms with Crippen LogP contribution in [0.4, 0.5) is 0 Å². The number of carbonyl (C=O) groups is 1. The minimum Gasteiger partial charge on any atom is -0.336 e. The number of hydrogen-bond acceptors (Lipinski definition) is 4. The molecule has 1 aromatic carbocycles. The van der Waals surface area contributed by atoms with Crippen LogP contribution in [0, 0.1) is 0 Å². The molecule has 6 nitrogen and oxygen atoms in total. The molecule has 0 aliphatic heterocycles. The zero-order chi connectivity index (χ0) is 12.8. The summed E-state index contributed by atoms with van der Waals surface area (Å²) in [6.07, 6.45) is 0.818. The first-order valence-corrected chi connectivity index (χ1v) is 5.88. The van der Waals surface area contributed by atoms with Crippen LogP contribution < -0.4 is 0 Å². The number of nitrogens with one attached hydrogen (secondary N) is 1. The number of aromatic amines is 1. The van der Waals surface area contributed by atoms with Gasteiger partial charge in [0.1, 0.15) is 0 Å². The molecule has 1 heterocycles. The van der Waals surface area contributed by atoms with E-state index >= 15 is 0 Å². The Morgan fingerprint density at radius 1 is 1.33 bits per heavy atom. The summed E-state index contributed by atoms with van der Waals surface area (Å²) in [5, 5.41) is 13.1. The second-order valence-corrected chi connectivity index (χ2v) is 3.86. The summed E-state index contributed by atoms with van der Waals surface area (Å²) in [7, 11) is 0. The molecule has 0 saturated carbocycles. The van der Waals surface area contributed by atoms with E-state index in [0.717, 1.165) is 6.42 Å². The van der Waals surface area contributed by atoms with Gasteiger partial charge in [-0.1, -0.05) is 30.3 Å². The van der Waals surface area contributed by atoms with Crippen LogP contribution in [0.25, 0.3) is 0 Å². The van der Waals surface area contributed by atoms with Crippen molar-refractivity contribution in [2.75, 3.05) is 13.1 Å². The van der Waals surface area contributed by atoms with Crippen molar-refractivity contribution >= 4 is 5.91 Å². The fraction of sp³-hybridized carbons (Fsp3) is 0.333. The van der Waals surface area contributed by atoms with Crippen LogP contribution in [0.5, 0.6) is 0 Å². The first kappa shape index (κ1) is 12.2. The minimum atomic E-state index is -0.192. The first-order chi connectivity index (χ1) is 8.81. The molecule has 0 bridgehead atoms. The van der Waals surface area contributed by atoms with Crippen molar-refractivity contribution in [1.82, 2.24) is 25.5 Å². The Labute approximate surface area is 105 Å². The number of rotatable bonds is 5. The van der Waals surface area contributed by atoms with Crippen molar-refractivity contribution in [2.45, 2.75) is 13.3 Å². The van der Waals surface area contributed by atoms with E-state index < -0.39 is 0 Å². The second kappa shape index (κ2) is 5.90. The largest absolute Gasteiger partial charge is 0.336 e. The average molecular weight is 245 g/mol. The standard InChI is InChI=1S/C12H15N5O/c1-2-17(12(18)11-13-15-16-14-11)9-8-10-6-4-3-5-7-10/h3-7H,2,8-9H2,1H3,(H,13,14,15,16). The molecular weight excluding hydrogens is 230 g/mol. The molecular formula is C12H15N5O. The third-order valence-corrected chi connectivity index (χ3v) is 2.72. The second-order valence-electron chi connectivity index (χ2n) is 3.86. The third kappa shape index (κ3) is 2.91. The van der Waals surface area contributed by atoms with E-state index in [4.69, 9.17) is 0 Å². The van der Waals surface area contributed by atoms with Gasteiger partial charge in [0.2, 0.25) is 0 Å². The van der Waals surface area contributed by atoms with E-state index in [9.17, 15) is 4.79 Å². The maximum Gasteiger partial charge on any atom is 0.295 e. The third-order valence-electron chi connectivity index (χ3n) is 2.72. The van der Waals surface area contributed by atoms with Gasteiger partial charge in [0.15, 0.2) is 0 Å². The number of amides is 1. The van der Waals surface area contributed by atoms with Crippen LogP contribution in [0.3, 0.4) is 0 Å². The molecule has 0 aliphatic rings. The Morgan fingerprint density at radius 3 is 2.72 bits per heavy atom. The predicted molar refractivity (Wildman–Crippen MR) is 65.9 cm³/mol. The average Bonchev–Trinajstić information content (AvgIpc) is 2.94. The summed E-state index contributed by atoms with van der Waals surface area (Å²) in [6.45, 7) is 3.21. The highest BCUT2D eigenvalue weighted by molar-refractivity contribution is 5.90. The molecule has 0 aliphatic carbocycles. The lowest BCUT2D eigenvalue weighted by Crippen LogP contribution is -2.33. The van der Waals surface area contributed by atoms with Gasteiger partial charge < -0.3 is 4.90 Å². The number of benzene rings is 1. The quantitative estimate of drug-likeness (QED) is 0.849. The van der Waals surface area contributed by atoms with Gasteiger partial charge in [-0.2, -0.15) is 5.21 Å². The van der Waals surface area contributed by atoms with Crippen LogP contribution in [0.2, 0.25) is 0 Å². The fourth-order valence-electron chi connectivity index (χ4n) is 1.71. The summed E-state index contributed by atoms with van der Waals surface area (Å²) in [5.74, 6) is -0.0768. The van der Waals surface area contributed by atoms with Gasteiger partial charge in [0.25, 0.3) is 11.7 Å². The van der Waals surface area contributed by atoms with E-state index in [-0.39, 0.29) is 11.7 Å². The summed E-state index contributed by atoms with van der Waals surface area (Å²) in [6, 6.07) is 10.1. The SMILES string of the molecule is CCN(CCc1ccccc1)C(=O)c1nn[nH]n1. The van der Waals surface area contributed by atoms with Crippen LogP contribution in [-0.2, 0) is 6.42 Å². The van der Waals surface area contributed by atoms with Crippen LogP contribution >= 0.6 is 0 Å². The Kier molecular flexibility index (Phi) is 4.01. The van der Waals surface area contributed by atoms with E-state index in [1.54, 1.807) is 4.90 Å². The monoisotopic (exact) mass is 245 g/mol. The zero-order valence-electron chi connectivity index (χ0n) is 10.2. The lowest BCUT2D eigenvalue weighted by Gasteiger charge is -2.18. The molecule has 0 unspecified atom stereocenters. The first-order valence-electron chi connectivity index (χ1n) is 5.88. The molecule has 0 atom stereocenters. The van der Waals surface area contributed by atoms with Gasteiger partial charge in [-0.15, -0.1) is 10.2 Å². The molecule has 1 N–H and O–H groups in total. The zero-order valence-corrected chi connectivity index (χ0v) is 10.2. The van der Waals surface area contributed by atoms with Gasteiger partial charge >= 0.3 is 0 Å². The van der Waals surface area contributed by atoms with Crippen molar-refractivity contribution < 1.29 is 4.79 Å². The van der Waals surface area contributed by atoms with Gasteiger partial charge in [-0.25, -0.2) is 0 Å². The molecule has 0 radical (unpaired) electrons. The van der Waals surface area contributed by atoms with Crippen LogP contribution in [-0.4, -0.2) is 44.5 Å². The van der Waals surface area contributed by atoms with Crippen LogP contribution in [0.15, 0.2) is 30.3 Å². The molecule has 94 valence electrons. The highest BCUT2D eigenvalue weighted by Gasteiger charge is 2.17. The number of H-pyrrole nitrogens is 1. The number of aromatic nitrogens is 4. The smallest absolute Gasteiger partial charge is 0.295 e. The number of carbonyl (C=O) groups excluding carboxylic acids is 1. The molecule has 0 fully saturated rings. The van der Waals surface area contributed by atoms with Crippen molar-refractivity contribution in [3.8, 4) is 0 Å². The maximum absolute atomic E-state index is 12.0. The maximum atomic E-state index is 12.0. The van der Waals surface area contributed by atoms with Gasteiger partial charge in [0.05, 0.1) is 0 Å². The van der Waals surface area contributed by atoms with E-state index in [1.807, 2.05) is 37.3 Å². The Balaban J connectivity index is 1.96. The van der Waals surface area contributed by atoms with Gasteiger partial charge in [0, 0.05) is 13.1 Å². The Morgan fingerprint density at radius 2 is 2.11 bits per heavy atom. The highest BCUT2D eigenvalue weighted by Crippen LogP contribution is 2.03. The molecule has 2 rings (SSSR count). The number of tetrazole rings is 1. The fourth-order valence-corrected chi connectivity index (χ4v) is 1.71. The summed E-state index contributed by atoms with van der Waals surface area (Å²) >= 11 is 0. The molecule has 2 aromatic rings. The number of likely N-dealkylation sites (N-methyl/N-ethyl adjacent to an activating group) is 1. The van der Waals surface area contributed by atoms with E-state index in [0.29, 0.717) is 13.1 Å². The highest BCUT2D eigenvalue weighted by atomic mass is 16.2. The van der Waals surface area contributed by atoms with Gasteiger partial charge in [-0.3, -0.25) is 4.79 Å². The molecule has 6 heteroatoms. The van der Waals surface area contributed by atoms with E-state index in [1.165, 1.54) is 5.56 Å². The lowest BCUT2D eigenvalue weighted by atomic mass is 10.1. The van der Waals surface area contributed by atoms with Crippen LogP contribution in [0.1, 0.15) is 23.1 Å². The normalized spacial score (nSPS) is 10.3. The molecule has 1 amide bonds.